The first-order valence-electron chi connectivity index (χ1n) is 5.49. The zero-order chi connectivity index (χ0) is 13.0. The maximum Gasteiger partial charge on any atom is 0.255 e. The van der Waals surface area contributed by atoms with Gasteiger partial charge in [-0.15, -0.1) is 0 Å². The van der Waals surface area contributed by atoms with E-state index in [-0.39, 0.29) is 5.91 Å². The Kier molecular flexibility index (Phi) is 3.54. The summed E-state index contributed by atoms with van der Waals surface area (Å²) in [4.78, 5) is 16.0. The average molecular weight is 242 g/mol. The average Bonchev–Trinajstić information content (AvgIpc) is 2.39. The summed E-state index contributed by atoms with van der Waals surface area (Å²) in [5.74, 6) is 5.08. The van der Waals surface area contributed by atoms with E-state index in [0.29, 0.717) is 11.3 Å². The lowest BCUT2D eigenvalue weighted by molar-refractivity contribution is 0.102. The molecule has 0 saturated heterocycles. The van der Waals surface area contributed by atoms with Crippen LogP contribution in [0.25, 0.3) is 0 Å². The molecule has 1 aromatic heterocycles. The topological polar surface area (TPSA) is 80.0 Å². The molecule has 0 spiro atoms. The lowest BCUT2D eigenvalue weighted by Gasteiger charge is -2.06. The van der Waals surface area contributed by atoms with Crippen LogP contribution >= 0.6 is 0 Å². The molecule has 0 bridgehead atoms. The van der Waals surface area contributed by atoms with E-state index in [2.05, 4.69) is 15.7 Å². The lowest BCUT2D eigenvalue weighted by Crippen LogP contribution is -2.12. The molecule has 2 rings (SSSR count). The first-order chi connectivity index (χ1) is 8.69. The van der Waals surface area contributed by atoms with Crippen molar-refractivity contribution in [2.75, 3.05) is 10.7 Å². The van der Waals surface area contributed by atoms with Gasteiger partial charge in [-0.25, -0.2) is 0 Å². The minimum absolute atomic E-state index is 0.175. The summed E-state index contributed by atoms with van der Waals surface area (Å²) >= 11 is 0. The zero-order valence-electron chi connectivity index (χ0n) is 9.97. The highest BCUT2D eigenvalue weighted by molar-refractivity contribution is 6.04. The molecule has 1 heterocycles. The highest BCUT2D eigenvalue weighted by Gasteiger charge is 2.05. The van der Waals surface area contributed by atoms with E-state index in [1.807, 2.05) is 13.0 Å². The van der Waals surface area contributed by atoms with Crippen LogP contribution in [0.15, 0.2) is 42.7 Å². The van der Waals surface area contributed by atoms with E-state index >= 15 is 0 Å². The molecule has 0 radical (unpaired) electrons. The number of aryl methyl sites for hydroxylation is 1. The van der Waals surface area contributed by atoms with Crippen LogP contribution in [0, 0.1) is 6.92 Å². The summed E-state index contributed by atoms with van der Waals surface area (Å²) in [6, 6.07) is 8.75. The molecule has 2 aromatic rings. The number of nitrogens with one attached hydrogen (secondary N) is 2. The zero-order valence-corrected chi connectivity index (χ0v) is 9.97. The lowest BCUT2D eigenvalue weighted by atomic mass is 10.2. The Morgan fingerprint density at radius 3 is 2.50 bits per heavy atom. The van der Waals surface area contributed by atoms with Crippen molar-refractivity contribution in [1.29, 1.82) is 0 Å². The number of hydrazine groups is 1. The second-order valence-electron chi connectivity index (χ2n) is 3.93. The molecule has 0 aliphatic carbocycles. The molecule has 0 saturated carbocycles. The Hall–Kier alpha value is -2.40. The molecule has 0 unspecified atom stereocenters. The van der Waals surface area contributed by atoms with Gasteiger partial charge in [0.05, 0.1) is 11.9 Å². The van der Waals surface area contributed by atoms with E-state index in [1.54, 1.807) is 36.7 Å². The summed E-state index contributed by atoms with van der Waals surface area (Å²) < 4.78 is 0. The van der Waals surface area contributed by atoms with Crippen LogP contribution in [0.4, 0.5) is 11.4 Å². The third-order valence-corrected chi connectivity index (χ3v) is 2.45. The number of anilines is 2. The molecule has 1 amide bonds. The molecule has 18 heavy (non-hydrogen) atoms. The van der Waals surface area contributed by atoms with Gasteiger partial charge in [-0.3, -0.25) is 15.6 Å². The molecule has 0 aliphatic rings. The first kappa shape index (κ1) is 12.1. The molecule has 92 valence electrons. The van der Waals surface area contributed by atoms with Crippen LogP contribution in [-0.4, -0.2) is 10.9 Å². The number of pyridine rings is 1. The van der Waals surface area contributed by atoms with Gasteiger partial charge < -0.3 is 10.7 Å². The third-order valence-electron chi connectivity index (χ3n) is 2.45. The molecule has 0 fully saturated rings. The predicted octanol–water partition coefficient (Wildman–Crippen LogP) is 1.93. The standard InChI is InChI=1S/C13H14N4O/c1-9-6-12(8-15-7-9)16-13(18)10-2-4-11(17-14)5-3-10/h2-8,17H,14H2,1H3,(H,16,18). The van der Waals surface area contributed by atoms with Gasteiger partial charge in [0, 0.05) is 17.4 Å². The van der Waals surface area contributed by atoms with Crippen molar-refractivity contribution < 1.29 is 4.79 Å². The van der Waals surface area contributed by atoms with Crippen LogP contribution in [0.5, 0.6) is 0 Å². The summed E-state index contributed by atoms with van der Waals surface area (Å²) in [5.41, 5.74) is 5.50. The van der Waals surface area contributed by atoms with Crippen LogP contribution in [0.2, 0.25) is 0 Å². The van der Waals surface area contributed by atoms with Crippen molar-refractivity contribution >= 4 is 17.3 Å². The van der Waals surface area contributed by atoms with Crippen molar-refractivity contribution in [2.45, 2.75) is 6.92 Å². The maximum absolute atomic E-state index is 11.9. The number of rotatable bonds is 3. The van der Waals surface area contributed by atoms with Crippen molar-refractivity contribution in [3.05, 3.63) is 53.9 Å². The molecule has 0 atom stereocenters. The number of amides is 1. The first-order valence-corrected chi connectivity index (χ1v) is 5.49. The summed E-state index contributed by atoms with van der Waals surface area (Å²) in [6.07, 6.45) is 3.35. The van der Waals surface area contributed by atoms with E-state index in [4.69, 9.17) is 5.84 Å². The van der Waals surface area contributed by atoms with Gasteiger partial charge in [0.2, 0.25) is 0 Å². The Bertz CT molecular complexity index is 551. The van der Waals surface area contributed by atoms with Crippen molar-refractivity contribution in [1.82, 2.24) is 4.98 Å². The minimum atomic E-state index is -0.175. The molecule has 4 N–H and O–H groups in total. The Balaban J connectivity index is 2.11. The quantitative estimate of drug-likeness (QED) is 0.567. The van der Waals surface area contributed by atoms with Gasteiger partial charge in [-0.2, -0.15) is 0 Å². The fourth-order valence-corrected chi connectivity index (χ4v) is 1.54. The van der Waals surface area contributed by atoms with Crippen molar-refractivity contribution in [2.24, 2.45) is 5.84 Å². The predicted molar refractivity (Wildman–Crippen MR) is 71.2 cm³/mol. The fraction of sp³-hybridized carbons (Fsp3) is 0.0769. The van der Waals surface area contributed by atoms with Gasteiger partial charge >= 0.3 is 0 Å². The molecule has 1 aromatic carbocycles. The summed E-state index contributed by atoms with van der Waals surface area (Å²) in [5, 5.41) is 2.78. The minimum Gasteiger partial charge on any atom is -0.324 e. The number of nitrogen functional groups attached to an aromatic ring is 1. The highest BCUT2D eigenvalue weighted by atomic mass is 16.1. The number of benzene rings is 1. The second-order valence-corrected chi connectivity index (χ2v) is 3.93. The van der Waals surface area contributed by atoms with Gasteiger partial charge in [-0.05, 0) is 42.8 Å². The number of aromatic nitrogens is 1. The van der Waals surface area contributed by atoms with Gasteiger partial charge in [-0.1, -0.05) is 0 Å². The van der Waals surface area contributed by atoms with Crippen LogP contribution < -0.4 is 16.6 Å². The van der Waals surface area contributed by atoms with Crippen LogP contribution in [0.3, 0.4) is 0 Å². The SMILES string of the molecule is Cc1cncc(NC(=O)c2ccc(NN)cc2)c1. The molecule has 5 nitrogen and oxygen atoms in total. The van der Waals surface area contributed by atoms with Gasteiger partial charge in [0.15, 0.2) is 0 Å². The van der Waals surface area contributed by atoms with Crippen molar-refractivity contribution in [3.8, 4) is 0 Å². The van der Waals surface area contributed by atoms with E-state index in [9.17, 15) is 4.79 Å². The fourth-order valence-electron chi connectivity index (χ4n) is 1.54. The Labute approximate surface area is 105 Å². The number of carbonyl (C=O) groups is 1. The third kappa shape index (κ3) is 2.83. The highest BCUT2D eigenvalue weighted by Crippen LogP contribution is 2.12. The molecule has 5 heteroatoms. The second kappa shape index (κ2) is 5.29. The maximum atomic E-state index is 11.9. The van der Waals surface area contributed by atoms with E-state index in [0.717, 1.165) is 11.3 Å². The van der Waals surface area contributed by atoms with E-state index in [1.165, 1.54) is 0 Å². The van der Waals surface area contributed by atoms with E-state index < -0.39 is 0 Å². The van der Waals surface area contributed by atoms with Gasteiger partial charge in [0.25, 0.3) is 5.91 Å². The van der Waals surface area contributed by atoms with Crippen LogP contribution in [0.1, 0.15) is 15.9 Å². The Morgan fingerprint density at radius 2 is 1.89 bits per heavy atom. The summed E-state index contributed by atoms with van der Waals surface area (Å²) in [7, 11) is 0. The largest absolute Gasteiger partial charge is 0.324 e. The number of nitrogens with zero attached hydrogens (tertiary/aromatic N) is 1. The number of hydrogen-bond acceptors (Lipinski definition) is 4. The normalized spacial score (nSPS) is 9.89. The number of hydrogen-bond donors (Lipinski definition) is 3. The van der Waals surface area contributed by atoms with Crippen LogP contribution in [-0.2, 0) is 0 Å². The smallest absolute Gasteiger partial charge is 0.255 e. The summed E-state index contributed by atoms with van der Waals surface area (Å²) in [6.45, 7) is 1.92. The van der Waals surface area contributed by atoms with Gasteiger partial charge in [0.1, 0.15) is 0 Å². The Morgan fingerprint density at radius 1 is 1.17 bits per heavy atom. The molecular formula is C13H14N4O. The number of carbonyl (C=O) groups excluding carboxylic acids is 1. The molecular weight excluding hydrogens is 228 g/mol. The van der Waals surface area contributed by atoms with Crippen molar-refractivity contribution in [3.63, 3.8) is 0 Å². The molecule has 0 aliphatic heterocycles. The number of nitrogens with two attached hydrogens (primary N) is 1. The monoisotopic (exact) mass is 242 g/mol.